The molecule has 37 heavy (non-hydrogen) atoms. The lowest BCUT2D eigenvalue weighted by Crippen LogP contribution is -2.40. The summed E-state index contributed by atoms with van der Waals surface area (Å²) in [5.41, 5.74) is -4.59. The van der Waals surface area contributed by atoms with Gasteiger partial charge in [-0.3, -0.25) is 9.59 Å². The molecule has 3 aromatic rings. The molecule has 1 atom stereocenters. The number of aromatic nitrogens is 4. The first-order valence-electron chi connectivity index (χ1n) is 11.0. The van der Waals surface area contributed by atoms with E-state index in [4.69, 9.17) is 0 Å². The van der Waals surface area contributed by atoms with E-state index in [0.717, 1.165) is 10.8 Å². The smallest absolute Gasteiger partial charge is 0.350 e. The van der Waals surface area contributed by atoms with Crippen molar-refractivity contribution < 1.29 is 35.6 Å². The zero-order valence-corrected chi connectivity index (χ0v) is 20.1. The Labute approximate surface area is 207 Å². The Morgan fingerprint density at radius 2 is 1.92 bits per heavy atom. The summed E-state index contributed by atoms with van der Waals surface area (Å²) in [4.78, 5) is 33.5. The number of rotatable bonds is 7. The molecule has 4 rings (SSSR count). The zero-order chi connectivity index (χ0) is 27.0. The minimum absolute atomic E-state index is 0.0428. The molecular weight excluding hydrogens is 522 g/mol. The van der Waals surface area contributed by atoms with Gasteiger partial charge in [-0.15, -0.1) is 0 Å². The molecule has 2 amide bonds. The average molecular weight is 544 g/mol. The summed E-state index contributed by atoms with van der Waals surface area (Å²) in [7, 11) is -5.44. The maximum Gasteiger partial charge on any atom is 0.511 e. The van der Waals surface area contributed by atoms with Gasteiger partial charge in [0.05, 0.1) is 0 Å². The third kappa shape index (κ3) is 5.53. The Morgan fingerprint density at radius 1 is 1.16 bits per heavy atom. The number of halogens is 4. The Morgan fingerprint density at radius 3 is 2.62 bits per heavy atom. The van der Waals surface area contributed by atoms with E-state index in [2.05, 4.69) is 25.7 Å². The Hall–Kier alpha value is -3.66. The molecule has 16 heteroatoms. The van der Waals surface area contributed by atoms with Gasteiger partial charge in [-0.05, 0) is 36.5 Å². The third-order valence-corrected chi connectivity index (χ3v) is 7.42. The zero-order valence-electron chi connectivity index (χ0n) is 19.3. The number of benzene rings is 1. The van der Waals surface area contributed by atoms with Crippen LogP contribution in [0.4, 0.5) is 17.6 Å². The van der Waals surface area contributed by atoms with Gasteiger partial charge >= 0.3 is 15.5 Å². The number of fused-ring (bicyclic) bond motifs is 1. The van der Waals surface area contributed by atoms with Crippen LogP contribution in [0.2, 0.25) is 0 Å². The summed E-state index contributed by atoms with van der Waals surface area (Å²) in [5, 5.41) is 9.07. The highest BCUT2D eigenvalue weighted by molar-refractivity contribution is 7.90. The van der Waals surface area contributed by atoms with Gasteiger partial charge in [-0.1, -0.05) is 12.1 Å². The lowest BCUT2D eigenvalue weighted by molar-refractivity contribution is -0.0484. The van der Waals surface area contributed by atoms with Crippen LogP contribution in [0.15, 0.2) is 30.6 Å². The first-order chi connectivity index (χ1) is 17.4. The normalized spacial score (nSPS) is 16.7. The molecule has 2 aromatic heterocycles. The monoisotopic (exact) mass is 543 g/mol. The summed E-state index contributed by atoms with van der Waals surface area (Å²) < 4.78 is 76.4. The van der Waals surface area contributed by atoms with E-state index in [0.29, 0.717) is 15.4 Å². The molecule has 1 saturated heterocycles. The molecule has 0 bridgehead atoms. The van der Waals surface area contributed by atoms with Gasteiger partial charge in [0.25, 0.3) is 17.6 Å². The topological polar surface area (TPSA) is 139 Å². The first-order valence-corrected chi connectivity index (χ1v) is 12.4. The third-order valence-electron chi connectivity index (χ3n) is 5.82. The van der Waals surface area contributed by atoms with E-state index in [9.17, 15) is 35.6 Å². The van der Waals surface area contributed by atoms with Crippen LogP contribution in [0.25, 0.3) is 5.78 Å². The SMILES string of the molecule is Cc1cc(CNC(=O)c2cc(C(=O)NC[C@H]3CCN(S(=O)(=O)C(F)(F)F)C3)n3ncnc3n2)ccc1F. The summed E-state index contributed by atoms with van der Waals surface area (Å²) >= 11 is 0. The van der Waals surface area contributed by atoms with Gasteiger partial charge in [0, 0.05) is 32.2 Å². The molecule has 1 aliphatic heterocycles. The quantitative estimate of drug-likeness (QED) is 0.430. The van der Waals surface area contributed by atoms with Crippen molar-refractivity contribution in [1.29, 1.82) is 0 Å². The number of carbonyl (C=O) groups excluding carboxylic acids is 2. The van der Waals surface area contributed by atoms with Crippen LogP contribution in [-0.2, 0) is 16.6 Å². The number of nitrogens with zero attached hydrogens (tertiary/aromatic N) is 5. The highest BCUT2D eigenvalue weighted by atomic mass is 32.2. The van der Waals surface area contributed by atoms with Crippen molar-refractivity contribution in [3.05, 3.63) is 58.9 Å². The molecule has 0 spiro atoms. The standard InChI is InChI=1S/C21H21F4N7O4S/c1-12-6-13(2-3-15(12)22)8-26-18(33)16-7-17(32-20(30-16)28-11-29-32)19(34)27-9-14-4-5-31(10-14)37(35,36)21(23,24)25/h2-3,6-7,11,14H,4-5,8-10H2,1H3,(H,26,33)(H,27,34)/t14-/m1/s1. The van der Waals surface area contributed by atoms with Gasteiger partial charge in [-0.2, -0.15) is 32.1 Å². The van der Waals surface area contributed by atoms with E-state index in [1.807, 2.05) is 0 Å². The number of sulfonamides is 1. The van der Waals surface area contributed by atoms with Crippen LogP contribution >= 0.6 is 0 Å². The predicted molar refractivity (Wildman–Crippen MR) is 120 cm³/mol. The second-order valence-corrected chi connectivity index (χ2v) is 10.4. The number of carbonyl (C=O) groups is 2. The van der Waals surface area contributed by atoms with Crippen LogP contribution in [-0.4, -0.2) is 69.3 Å². The molecule has 1 aliphatic rings. The van der Waals surface area contributed by atoms with Crippen LogP contribution < -0.4 is 10.6 Å². The molecule has 0 saturated carbocycles. The minimum atomic E-state index is -5.44. The van der Waals surface area contributed by atoms with Crippen molar-refractivity contribution in [2.45, 2.75) is 25.4 Å². The molecule has 1 fully saturated rings. The fourth-order valence-corrected chi connectivity index (χ4v) is 4.88. The molecule has 11 nitrogen and oxygen atoms in total. The van der Waals surface area contributed by atoms with Crippen molar-refractivity contribution in [3.63, 3.8) is 0 Å². The van der Waals surface area contributed by atoms with E-state index in [-0.39, 0.29) is 49.0 Å². The van der Waals surface area contributed by atoms with Gasteiger partial charge in [0.15, 0.2) is 0 Å². The number of hydrogen-bond acceptors (Lipinski definition) is 7. The number of hydrogen-bond donors (Lipinski definition) is 2. The van der Waals surface area contributed by atoms with E-state index >= 15 is 0 Å². The Balaban J connectivity index is 1.43. The van der Waals surface area contributed by atoms with E-state index in [1.54, 1.807) is 13.0 Å². The van der Waals surface area contributed by atoms with E-state index in [1.165, 1.54) is 18.2 Å². The van der Waals surface area contributed by atoms with Gasteiger partial charge in [0.2, 0.25) is 0 Å². The average Bonchev–Trinajstić information content (AvgIpc) is 3.51. The van der Waals surface area contributed by atoms with Gasteiger partial charge in [-0.25, -0.2) is 17.8 Å². The summed E-state index contributed by atoms with van der Waals surface area (Å²) in [5.74, 6) is -2.31. The largest absolute Gasteiger partial charge is 0.511 e. The Bertz CT molecular complexity index is 1460. The summed E-state index contributed by atoms with van der Waals surface area (Å²) in [6, 6.07) is 5.55. The van der Waals surface area contributed by atoms with Crippen LogP contribution in [0.5, 0.6) is 0 Å². The number of aryl methyl sites for hydroxylation is 1. The maximum atomic E-state index is 13.5. The number of alkyl halides is 3. The summed E-state index contributed by atoms with van der Waals surface area (Å²) in [6.45, 7) is 0.841. The number of nitrogens with one attached hydrogen (secondary N) is 2. The molecule has 0 radical (unpaired) electrons. The molecule has 0 aliphatic carbocycles. The van der Waals surface area contributed by atoms with Crippen molar-refractivity contribution in [3.8, 4) is 0 Å². The minimum Gasteiger partial charge on any atom is -0.350 e. The van der Waals surface area contributed by atoms with E-state index < -0.39 is 39.8 Å². The lowest BCUT2D eigenvalue weighted by atomic mass is 10.1. The first kappa shape index (κ1) is 26.4. The predicted octanol–water partition coefficient (Wildman–Crippen LogP) is 1.40. The molecule has 0 unspecified atom stereocenters. The highest BCUT2D eigenvalue weighted by Gasteiger charge is 2.51. The van der Waals surface area contributed by atoms with Crippen molar-refractivity contribution >= 4 is 27.6 Å². The van der Waals surface area contributed by atoms with Crippen molar-refractivity contribution in [2.75, 3.05) is 19.6 Å². The van der Waals surface area contributed by atoms with Crippen LogP contribution in [0.3, 0.4) is 0 Å². The fraction of sp³-hybridized carbons (Fsp3) is 0.381. The number of amides is 2. The second-order valence-electron chi connectivity index (χ2n) is 8.44. The fourth-order valence-electron chi connectivity index (χ4n) is 3.84. The van der Waals surface area contributed by atoms with Gasteiger partial charge < -0.3 is 10.6 Å². The molecule has 3 heterocycles. The van der Waals surface area contributed by atoms with Crippen LogP contribution in [0.1, 0.15) is 38.5 Å². The molecular formula is C21H21F4N7O4S. The Kier molecular flexibility index (Phi) is 7.14. The highest BCUT2D eigenvalue weighted by Crippen LogP contribution is 2.30. The molecule has 2 N–H and O–H groups in total. The lowest BCUT2D eigenvalue weighted by Gasteiger charge is -2.18. The maximum absolute atomic E-state index is 13.5. The van der Waals surface area contributed by atoms with Crippen LogP contribution in [0, 0.1) is 18.7 Å². The van der Waals surface area contributed by atoms with Crippen molar-refractivity contribution in [2.24, 2.45) is 5.92 Å². The van der Waals surface area contributed by atoms with Crippen molar-refractivity contribution in [1.82, 2.24) is 34.5 Å². The van der Waals surface area contributed by atoms with Gasteiger partial charge in [0.1, 0.15) is 23.5 Å². The molecule has 1 aromatic carbocycles. The molecule has 198 valence electrons. The summed E-state index contributed by atoms with van der Waals surface area (Å²) in [6.07, 6.45) is 1.25. The second kappa shape index (κ2) is 10.0.